The second-order valence-electron chi connectivity index (χ2n) is 6.75. The number of nitrogens with one attached hydrogen (secondary N) is 1. The number of carbonyl (C=O) groups is 1. The van der Waals surface area contributed by atoms with Crippen molar-refractivity contribution >= 4 is 6.09 Å². The predicted octanol–water partition coefficient (Wildman–Crippen LogP) is 2.15. The number of nitrogens with zero attached hydrogens (tertiary/aromatic N) is 1. The first kappa shape index (κ1) is 16.8. The summed E-state index contributed by atoms with van der Waals surface area (Å²) in [4.78, 5) is 14.1. The van der Waals surface area contributed by atoms with E-state index in [1.54, 1.807) is 0 Å². The van der Waals surface area contributed by atoms with E-state index in [1.807, 2.05) is 39.0 Å². The van der Waals surface area contributed by atoms with Crippen molar-refractivity contribution in [2.45, 2.75) is 51.4 Å². The molecule has 5 heteroatoms. The van der Waals surface area contributed by atoms with E-state index in [0.717, 1.165) is 19.5 Å². The fourth-order valence-corrected chi connectivity index (χ4v) is 2.80. The number of carbonyl (C=O) groups excluding carboxylic acids is 1. The van der Waals surface area contributed by atoms with E-state index in [-0.39, 0.29) is 18.7 Å². The van der Waals surface area contributed by atoms with Crippen molar-refractivity contribution in [3.8, 4) is 0 Å². The molecular weight excluding hydrogens is 280 g/mol. The molecule has 1 amide bonds. The van der Waals surface area contributed by atoms with Crippen molar-refractivity contribution in [1.82, 2.24) is 10.2 Å². The van der Waals surface area contributed by atoms with E-state index < -0.39 is 11.7 Å². The zero-order valence-corrected chi connectivity index (χ0v) is 13.6. The summed E-state index contributed by atoms with van der Waals surface area (Å²) in [6, 6.07) is 10.00. The average molecular weight is 306 g/mol. The summed E-state index contributed by atoms with van der Waals surface area (Å²) in [6.07, 6.45) is 0.398. The van der Waals surface area contributed by atoms with Crippen LogP contribution in [0.1, 0.15) is 32.8 Å². The van der Waals surface area contributed by atoms with Crippen molar-refractivity contribution in [3.05, 3.63) is 35.9 Å². The standard InChI is InChI=1S/C17H26N2O3/c1-17(2,3)22-16(21)18-14-9-10-19(15(14)12-20)11-13-7-5-4-6-8-13/h4-8,14-15,20H,9-12H2,1-3H3,(H,18,21)/t14-,15-/m1/s1. The molecule has 0 aliphatic carbocycles. The minimum atomic E-state index is -0.513. The van der Waals surface area contributed by atoms with Gasteiger partial charge in [0.2, 0.25) is 0 Å². The maximum absolute atomic E-state index is 11.9. The first-order chi connectivity index (χ1) is 10.4. The summed E-state index contributed by atoms with van der Waals surface area (Å²) in [6.45, 7) is 7.16. The first-order valence-corrected chi connectivity index (χ1v) is 7.77. The van der Waals surface area contributed by atoms with Crippen LogP contribution in [-0.2, 0) is 11.3 Å². The highest BCUT2D eigenvalue weighted by Gasteiger charge is 2.35. The number of hydrogen-bond acceptors (Lipinski definition) is 4. The zero-order valence-electron chi connectivity index (χ0n) is 13.6. The second kappa shape index (κ2) is 7.11. The van der Waals surface area contributed by atoms with E-state index in [2.05, 4.69) is 22.3 Å². The number of aliphatic hydroxyl groups excluding tert-OH is 1. The van der Waals surface area contributed by atoms with E-state index in [4.69, 9.17) is 4.74 Å². The van der Waals surface area contributed by atoms with Gasteiger partial charge in [-0.05, 0) is 32.8 Å². The minimum absolute atomic E-state index is 0.0211. The van der Waals surface area contributed by atoms with Crippen LogP contribution in [-0.4, -0.2) is 46.9 Å². The Morgan fingerprint density at radius 3 is 2.64 bits per heavy atom. The Kier molecular flexibility index (Phi) is 5.42. The zero-order chi connectivity index (χ0) is 16.2. The lowest BCUT2D eigenvalue weighted by molar-refractivity contribution is 0.0475. The molecule has 1 saturated heterocycles. The molecule has 5 nitrogen and oxygen atoms in total. The molecule has 1 heterocycles. The first-order valence-electron chi connectivity index (χ1n) is 7.77. The van der Waals surface area contributed by atoms with Crippen LogP contribution in [0.3, 0.4) is 0 Å². The number of alkyl carbamates (subject to hydrolysis) is 1. The number of benzene rings is 1. The van der Waals surface area contributed by atoms with Gasteiger partial charge in [0.1, 0.15) is 5.60 Å². The van der Waals surface area contributed by atoms with Crippen molar-refractivity contribution < 1.29 is 14.6 Å². The van der Waals surface area contributed by atoms with Gasteiger partial charge in [-0.3, -0.25) is 4.90 Å². The molecule has 1 aromatic rings. The number of ether oxygens (including phenoxy) is 1. The van der Waals surface area contributed by atoms with Gasteiger partial charge in [-0.1, -0.05) is 30.3 Å². The van der Waals surface area contributed by atoms with Crippen LogP contribution in [0, 0.1) is 0 Å². The average Bonchev–Trinajstić information content (AvgIpc) is 2.79. The molecule has 0 unspecified atom stereocenters. The van der Waals surface area contributed by atoms with E-state index in [9.17, 15) is 9.90 Å². The highest BCUT2D eigenvalue weighted by atomic mass is 16.6. The highest BCUT2D eigenvalue weighted by molar-refractivity contribution is 5.68. The van der Waals surface area contributed by atoms with Crippen LogP contribution in [0.4, 0.5) is 4.79 Å². The summed E-state index contributed by atoms with van der Waals surface area (Å²) in [7, 11) is 0. The summed E-state index contributed by atoms with van der Waals surface area (Å²) >= 11 is 0. The van der Waals surface area contributed by atoms with Crippen LogP contribution >= 0.6 is 0 Å². The summed E-state index contributed by atoms with van der Waals surface area (Å²) in [5.74, 6) is 0. The lowest BCUT2D eigenvalue weighted by atomic mass is 10.1. The molecule has 2 rings (SSSR count). The van der Waals surface area contributed by atoms with Gasteiger partial charge in [-0.2, -0.15) is 0 Å². The predicted molar refractivity (Wildman–Crippen MR) is 85.5 cm³/mol. The van der Waals surface area contributed by atoms with Gasteiger partial charge < -0.3 is 15.2 Å². The Balaban J connectivity index is 1.93. The van der Waals surface area contributed by atoms with Gasteiger partial charge in [0, 0.05) is 13.1 Å². The number of likely N-dealkylation sites (tertiary alicyclic amines) is 1. The third-order valence-electron chi connectivity index (χ3n) is 3.78. The molecule has 122 valence electrons. The third kappa shape index (κ3) is 4.71. The second-order valence-corrected chi connectivity index (χ2v) is 6.75. The number of aliphatic hydroxyl groups is 1. The molecule has 1 aliphatic heterocycles. The van der Waals surface area contributed by atoms with Gasteiger partial charge in [-0.25, -0.2) is 4.79 Å². The molecule has 1 aromatic carbocycles. The topological polar surface area (TPSA) is 61.8 Å². The molecule has 0 saturated carbocycles. The van der Waals surface area contributed by atoms with Gasteiger partial charge in [0.05, 0.1) is 18.7 Å². The maximum atomic E-state index is 11.9. The maximum Gasteiger partial charge on any atom is 0.407 e. The van der Waals surface area contributed by atoms with E-state index in [0.29, 0.717) is 0 Å². The smallest absolute Gasteiger partial charge is 0.407 e. The summed E-state index contributed by atoms with van der Waals surface area (Å²) in [5.41, 5.74) is 0.695. The van der Waals surface area contributed by atoms with Crippen molar-refractivity contribution in [2.24, 2.45) is 0 Å². The lowest BCUT2D eigenvalue weighted by Gasteiger charge is -2.28. The van der Waals surface area contributed by atoms with Crippen LogP contribution in [0.2, 0.25) is 0 Å². The molecule has 0 bridgehead atoms. The molecule has 22 heavy (non-hydrogen) atoms. The van der Waals surface area contributed by atoms with Crippen molar-refractivity contribution in [1.29, 1.82) is 0 Å². The van der Waals surface area contributed by atoms with Crippen LogP contribution in [0.5, 0.6) is 0 Å². The largest absolute Gasteiger partial charge is 0.444 e. The summed E-state index contributed by atoms with van der Waals surface area (Å²) < 4.78 is 5.30. The molecule has 2 N–H and O–H groups in total. The minimum Gasteiger partial charge on any atom is -0.444 e. The lowest BCUT2D eigenvalue weighted by Crippen LogP contribution is -2.48. The molecule has 2 atom stereocenters. The quantitative estimate of drug-likeness (QED) is 0.895. The molecule has 1 aliphatic rings. The fourth-order valence-electron chi connectivity index (χ4n) is 2.80. The van der Waals surface area contributed by atoms with Crippen molar-refractivity contribution in [3.63, 3.8) is 0 Å². The molecular formula is C17H26N2O3. The third-order valence-corrected chi connectivity index (χ3v) is 3.78. The normalized spacial score (nSPS) is 22.5. The molecule has 0 aromatic heterocycles. The van der Waals surface area contributed by atoms with Gasteiger partial charge in [0.25, 0.3) is 0 Å². The number of hydrogen-bond donors (Lipinski definition) is 2. The van der Waals surface area contributed by atoms with Crippen LogP contribution in [0.25, 0.3) is 0 Å². The summed E-state index contributed by atoms with van der Waals surface area (Å²) in [5, 5.41) is 12.6. The van der Waals surface area contributed by atoms with Gasteiger partial charge in [-0.15, -0.1) is 0 Å². The highest BCUT2D eigenvalue weighted by Crippen LogP contribution is 2.21. The Bertz CT molecular complexity index is 484. The van der Waals surface area contributed by atoms with E-state index >= 15 is 0 Å². The monoisotopic (exact) mass is 306 g/mol. The van der Waals surface area contributed by atoms with Crippen molar-refractivity contribution in [2.75, 3.05) is 13.2 Å². The SMILES string of the molecule is CC(C)(C)OC(=O)N[C@@H]1CCN(Cc2ccccc2)[C@@H]1CO. The molecule has 0 radical (unpaired) electrons. The van der Waals surface area contributed by atoms with Gasteiger partial charge in [0.15, 0.2) is 0 Å². The fraction of sp³-hybridized carbons (Fsp3) is 0.588. The van der Waals surface area contributed by atoms with Crippen LogP contribution in [0.15, 0.2) is 30.3 Å². The van der Waals surface area contributed by atoms with Gasteiger partial charge >= 0.3 is 6.09 Å². The Morgan fingerprint density at radius 2 is 2.05 bits per heavy atom. The molecule has 0 spiro atoms. The Morgan fingerprint density at radius 1 is 1.36 bits per heavy atom. The number of rotatable bonds is 4. The molecule has 1 fully saturated rings. The van der Waals surface area contributed by atoms with E-state index in [1.165, 1.54) is 5.56 Å². The Hall–Kier alpha value is -1.59. The Labute approximate surface area is 132 Å². The number of amides is 1. The van der Waals surface area contributed by atoms with Crippen LogP contribution < -0.4 is 5.32 Å².